The average Bonchev–Trinajstić information content (AvgIpc) is 3.17. The van der Waals surface area contributed by atoms with Crippen LogP contribution in [-0.2, 0) is 0 Å². The van der Waals surface area contributed by atoms with Crippen LogP contribution in [0.15, 0.2) is 4.99 Å². The van der Waals surface area contributed by atoms with Gasteiger partial charge in [-0.1, -0.05) is 13.8 Å². The standard InChI is InChI=1S/C13H25N3OS/c1-10(2)11(17)13(3-4-13)9-15-12(14)16-5-7-18-8-6-16/h10-11,17H,3-9H2,1-2H3,(H2,14,15). The summed E-state index contributed by atoms with van der Waals surface area (Å²) >= 11 is 1.97. The molecule has 1 unspecified atom stereocenters. The summed E-state index contributed by atoms with van der Waals surface area (Å²) in [7, 11) is 0. The van der Waals surface area contributed by atoms with Crippen LogP contribution in [0.2, 0.25) is 0 Å². The zero-order valence-electron chi connectivity index (χ0n) is 11.4. The van der Waals surface area contributed by atoms with Crippen LogP contribution in [0.5, 0.6) is 0 Å². The molecular formula is C13H25N3OS. The molecule has 0 aromatic carbocycles. The van der Waals surface area contributed by atoms with Crippen molar-refractivity contribution >= 4 is 17.7 Å². The van der Waals surface area contributed by atoms with E-state index in [-0.39, 0.29) is 11.5 Å². The lowest BCUT2D eigenvalue weighted by Crippen LogP contribution is -2.43. The van der Waals surface area contributed by atoms with E-state index in [4.69, 9.17) is 5.73 Å². The second-order valence-corrected chi connectivity index (χ2v) is 7.05. The Morgan fingerprint density at radius 1 is 1.39 bits per heavy atom. The van der Waals surface area contributed by atoms with Crippen molar-refractivity contribution in [1.29, 1.82) is 0 Å². The minimum Gasteiger partial charge on any atom is -0.392 e. The Balaban J connectivity index is 1.89. The summed E-state index contributed by atoms with van der Waals surface area (Å²) in [4.78, 5) is 6.70. The van der Waals surface area contributed by atoms with Gasteiger partial charge in [-0.15, -0.1) is 0 Å². The van der Waals surface area contributed by atoms with Crippen LogP contribution in [0.25, 0.3) is 0 Å². The summed E-state index contributed by atoms with van der Waals surface area (Å²) in [5.74, 6) is 3.24. The molecule has 4 nitrogen and oxygen atoms in total. The van der Waals surface area contributed by atoms with Crippen LogP contribution in [-0.4, -0.2) is 53.2 Å². The topological polar surface area (TPSA) is 61.9 Å². The Morgan fingerprint density at radius 2 is 2.00 bits per heavy atom. The highest BCUT2D eigenvalue weighted by molar-refractivity contribution is 7.99. The van der Waals surface area contributed by atoms with Crippen LogP contribution in [0.1, 0.15) is 26.7 Å². The summed E-state index contributed by atoms with van der Waals surface area (Å²) in [5.41, 5.74) is 6.06. The fourth-order valence-electron chi connectivity index (χ4n) is 2.55. The molecule has 0 spiro atoms. The molecule has 3 N–H and O–H groups in total. The highest BCUT2D eigenvalue weighted by Crippen LogP contribution is 2.50. The minimum absolute atomic E-state index is 0.0172. The van der Waals surface area contributed by atoms with Gasteiger partial charge in [0.15, 0.2) is 5.96 Å². The first-order valence-corrected chi connectivity index (χ1v) is 8.01. The number of aliphatic hydroxyl groups is 1. The number of thioether (sulfide) groups is 1. The van der Waals surface area contributed by atoms with Crippen molar-refractivity contribution in [3.05, 3.63) is 0 Å². The van der Waals surface area contributed by atoms with Crippen molar-refractivity contribution in [2.24, 2.45) is 22.1 Å². The molecule has 5 heteroatoms. The second-order valence-electron chi connectivity index (χ2n) is 5.83. The fourth-order valence-corrected chi connectivity index (χ4v) is 3.45. The molecular weight excluding hydrogens is 246 g/mol. The molecule has 2 rings (SSSR count). The van der Waals surface area contributed by atoms with Gasteiger partial charge in [0.2, 0.25) is 0 Å². The number of hydrogen-bond acceptors (Lipinski definition) is 3. The van der Waals surface area contributed by atoms with Crippen molar-refractivity contribution in [3.63, 3.8) is 0 Å². The lowest BCUT2D eigenvalue weighted by atomic mass is 9.90. The number of aliphatic hydroxyl groups excluding tert-OH is 1. The molecule has 1 heterocycles. The third-order valence-corrected chi connectivity index (χ3v) is 4.98. The zero-order chi connectivity index (χ0) is 13.2. The summed E-state index contributed by atoms with van der Waals surface area (Å²) in [5, 5.41) is 10.2. The summed E-state index contributed by atoms with van der Waals surface area (Å²) in [6, 6.07) is 0. The first-order chi connectivity index (χ1) is 8.55. The van der Waals surface area contributed by atoms with Gasteiger partial charge in [-0.25, -0.2) is 0 Å². The number of guanidine groups is 1. The Bertz CT molecular complexity index is 309. The SMILES string of the molecule is CC(C)C(O)C1(CN=C(N)N2CCSCC2)CC1. The summed E-state index contributed by atoms with van der Waals surface area (Å²) in [6.07, 6.45) is 1.92. The molecule has 18 heavy (non-hydrogen) atoms. The van der Waals surface area contributed by atoms with Crippen molar-refractivity contribution in [1.82, 2.24) is 4.90 Å². The molecule has 104 valence electrons. The van der Waals surface area contributed by atoms with E-state index in [2.05, 4.69) is 23.7 Å². The quantitative estimate of drug-likeness (QED) is 0.595. The second kappa shape index (κ2) is 5.70. The Labute approximate surface area is 114 Å². The molecule has 0 radical (unpaired) electrons. The van der Waals surface area contributed by atoms with Gasteiger partial charge in [0.25, 0.3) is 0 Å². The van der Waals surface area contributed by atoms with Gasteiger partial charge in [0, 0.05) is 30.0 Å². The smallest absolute Gasteiger partial charge is 0.191 e. The Hall–Kier alpha value is -0.420. The summed E-state index contributed by atoms with van der Waals surface area (Å²) in [6.45, 7) is 6.82. The van der Waals surface area contributed by atoms with Crippen LogP contribution in [0, 0.1) is 11.3 Å². The van der Waals surface area contributed by atoms with Gasteiger partial charge in [-0.2, -0.15) is 11.8 Å². The van der Waals surface area contributed by atoms with Crippen molar-refractivity contribution in [2.45, 2.75) is 32.8 Å². The van der Waals surface area contributed by atoms with E-state index in [1.165, 1.54) is 0 Å². The van der Waals surface area contributed by atoms with Crippen LogP contribution in [0.3, 0.4) is 0 Å². The first kappa shape index (κ1) is 14.0. The lowest BCUT2D eigenvalue weighted by Gasteiger charge is -2.28. The molecule has 1 atom stereocenters. The number of hydrogen-bond donors (Lipinski definition) is 2. The molecule has 0 aromatic heterocycles. The van der Waals surface area contributed by atoms with E-state index in [9.17, 15) is 5.11 Å². The maximum absolute atomic E-state index is 10.2. The van der Waals surface area contributed by atoms with Crippen molar-refractivity contribution in [2.75, 3.05) is 31.1 Å². The highest BCUT2D eigenvalue weighted by atomic mass is 32.2. The van der Waals surface area contributed by atoms with Gasteiger partial charge in [0.05, 0.1) is 12.6 Å². The lowest BCUT2D eigenvalue weighted by molar-refractivity contribution is 0.0548. The maximum atomic E-state index is 10.2. The zero-order valence-corrected chi connectivity index (χ0v) is 12.2. The largest absolute Gasteiger partial charge is 0.392 e. The molecule has 1 saturated carbocycles. The molecule has 2 aliphatic rings. The Morgan fingerprint density at radius 3 is 2.50 bits per heavy atom. The number of rotatable bonds is 4. The maximum Gasteiger partial charge on any atom is 0.191 e. The van der Waals surface area contributed by atoms with Gasteiger partial charge in [-0.05, 0) is 18.8 Å². The fraction of sp³-hybridized carbons (Fsp3) is 0.923. The average molecular weight is 271 g/mol. The molecule has 1 aliphatic carbocycles. The third-order valence-electron chi connectivity index (χ3n) is 4.04. The molecule has 0 aromatic rings. The predicted octanol–water partition coefficient (Wildman–Crippen LogP) is 1.15. The van der Waals surface area contributed by atoms with E-state index in [1.54, 1.807) is 0 Å². The van der Waals surface area contributed by atoms with E-state index in [0.29, 0.717) is 18.4 Å². The van der Waals surface area contributed by atoms with Gasteiger partial charge in [-0.3, -0.25) is 4.99 Å². The molecule has 0 amide bonds. The van der Waals surface area contributed by atoms with E-state index >= 15 is 0 Å². The number of nitrogens with two attached hydrogens (primary N) is 1. The normalized spacial score (nSPS) is 25.3. The number of aliphatic imine (C=N–C) groups is 1. The molecule has 2 fully saturated rings. The molecule has 1 saturated heterocycles. The van der Waals surface area contributed by atoms with E-state index in [0.717, 1.165) is 37.4 Å². The van der Waals surface area contributed by atoms with Crippen LogP contribution >= 0.6 is 11.8 Å². The van der Waals surface area contributed by atoms with Crippen molar-refractivity contribution < 1.29 is 5.11 Å². The van der Waals surface area contributed by atoms with Crippen LogP contribution in [0.4, 0.5) is 0 Å². The minimum atomic E-state index is -0.244. The van der Waals surface area contributed by atoms with Gasteiger partial charge < -0.3 is 15.7 Å². The van der Waals surface area contributed by atoms with E-state index < -0.39 is 0 Å². The molecule has 1 aliphatic heterocycles. The first-order valence-electron chi connectivity index (χ1n) is 6.86. The summed E-state index contributed by atoms with van der Waals surface area (Å²) < 4.78 is 0. The Kier molecular flexibility index (Phi) is 4.43. The van der Waals surface area contributed by atoms with Crippen molar-refractivity contribution in [3.8, 4) is 0 Å². The predicted molar refractivity (Wildman–Crippen MR) is 77.9 cm³/mol. The monoisotopic (exact) mass is 271 g/mol. The highest BCUT2D eigenvalue weighted by Gasteiger charge is 2.49. The molecule has 0 bridgehead atoms. The van der Waals surface area contributed by atoms with Gasteiger partial charge in [0.1, 0.15) is 0 Å². The van der Waals surface area contributed by atoms with E-state index in [1.807, 2.05) is 11.8 Å². The van der Waals surface area contributed by atoms with Gasteiger partial charge >= 0.3 is 0 Å². The third kappa shape index (κ3) is 3.12. The van der Waals surface area contributed by atoms with Crippen LogP contribution < -0.4 is 5.73 Å². The number of nitrogens with zero attached hydrogens (tertiary/aromatic N) is 2.